The summed E-state index contributed by atoms with van der Waals surface area (Å²) in [6.45, 7) is 5.24. The number of aryl methyl sites for hydroxylation is 2. The van der Waals surface area contributed by atoms with E-state index in [0.29, 0.717) is 24.3 Å². The van der Waals surface area contributed by atoms with E-state index in [2.05, 4.69) is 42.2 Å². The summed E-state index contributed by atoms with van der Waals surface area (Å²) in [6.07, 6.45) is 5.45. The summed E-state index contributed by atoms with van der Waals surface area (Å²) >= 11 is 0. The van der Waals surface area contributed by atoms with Crippen molar-refractivity contribution in [3.63, 3.8) is 0 Å². The molecule has 2 aliphatic rings. The monoisotopic (exact) mass is 465 g/mol. The van der Waals surface area contributed by atoms with Gasteiger partial charge in [0.2, 0.25) is 11.8 Å². The third kappa shape index (κ3) is 4.40. The molecule has 3 aromatic rings. The highest BCUT2D eigenvalue weighted by Crippen LogP contribution is 2.42. The molecule has 0 N–H and O–H groups in total. The topological polar surface area (TPSA) is 90.2 Å². The Balaban J connectivity index is 1.33. The lowest BCUT2D eigenvalue weighted by Crippen LogP contribution is -2.39. The summed E-state index contributed by atoms with van der Waals surface area (Å²) in [7, 11) is 0. The molecule has 2 amide bonds. The van der Waals surface area contributed by atoms with Crippen molar-refractivity contribution in [2.75, 3.05) is 22.9 Å². The molecule has 2 aliphatic heterocycles. The summed E-state index contributed by atoms with van der Waals surface area (Å²) < 4.78 is 0. The molecule has 1 aromatic heterocycles. The van der Waals surface area contributed by atoms with Gasteiger partial charge in [0.25, 0.3) is 0 Å². The third-order valence-electron chi connectivity index (χ3n) is 7.01. The van der Waals surface area contributed by atoms with Gasteiger partial charge in [0.05, 0.1) is 23.7 Å². The number of amides is 2. The fourth-order valence-electron chi connectivity index (χ4n) is 5.12. The second-order valence-corrected chi connectivity index (χ2v) is 9.98. The molecule has 0 saturated carbocycles. The molecule has 0 bridgehead atoms. The van der Waals surface area contributed by atoms with Gasteiger partial charge in [-0.2, -0.15) is 15.5 Å². The maximum absolute atomic E-state index is 13.6. The molecule has 3 heterocycles. The Morgan fingerprint density at radius 1 is 1.11 bits per heavy atom. The first-order valence-corrected chi connectivity index (χ1v) is 11.9. The van der Waals surface area contributed by atoms with Crippen LogP contribution in [0, 0.1) is 17.2 Å². The standard InChI is InChI=1S/C28H27N5O2/c1-28(2)18-33(25-9-8-19(13-24(25)28)6-7-20-10-11-30-31-16-20)27(35)22-14-26(34)32(17-22)23-5-3-4-21(12-23)15-29/h3-5,8-13,16,22H,6-7,14,17-18H2,1-2H3/t22-/m0/s1. The van der Waals surface area contributed by atoms with Crippen LogP contribution < -0.4 is 9.80 Å². The van der Waals surface area contributed by atoms with Crippen LogP contribution in [0.3, 0.4) is 0 Å². The average Bonchev–Trinajstić information content (AvgIpc) is 3.39. The maximum atomic E-state index is 13.6. The molecule has 0 aliphatic carbocycles. The van der Waals surface area contributed by atoms with E-state index in [1.165, 1.54) is 11.1 Å². The third-order valence-corrected chi connectivity index (χ3v) is 7.01. The molecule has 1 fully saturated rings. The number of aromatic nitrogens is 2. The molecule has 0 unspecified atom stereocenters. The van der Waals surface area contributed by atoms with Gasteiger partial charge in [0.1, 0.15) is 0 Å². The molecular weight excluding hydrogens is 438 g/mol. The van der Waals surface area contributed by atoms with E-state index >= 15 is 0 Å². The van der Waals surface area contributed by atoms with Crippen molar-refractivity contribution in [3.8, 4) is 6.07 Å². The molecular formula is C28H27N5O2. The Kier molecular flexibility index (Phi) is 5.81. The first-order chi connectivity index (χ1) is 16.9. The molecule has 5 rings (SSSR count). The molecule has 0 radical (unpaired) electrons. The van der Waals surface area contributed by atoms with Crippen LogP contribution in [-0.2, 0) is 27.8 Å². The zero-order valence-corrected chi connectivity index (χ0v) is 19.9. The fourth-order valence-corrected chi connectivity index (χ4v) is 5.12. The Morgan fingerprint density at radius 3 is 2.71 bits per heavy atom. The predicted molar refractivity (Wildman–Crippen MR) is 133 cm³/mol. The Hall–Kier alpha value is -4.05. The van der Waals surface area contributed by atoms with E-state index in [0.717, 1.165) is 24.1 Å². The number of nitriles is 1. The van der Waals surface area contributed by atoms with Crippen LogP contribution in [-0.4, -0.2) is 35.1 Å². The second-order valence-electron chi connectivity index (χ2n) is 9.98. The van der Waals surface area contributed by atoms with Gasteiger partial charge in [-0.25, -0.2) is 0 Å². The quantitative estimate of drug-likeness (QED) is 0.572. The number of hydrogen-bond donors (Lipinski definition) is 0. The van der Waals surface area contributed by atoms with Gasteiger partial charge in [0.15, 0.2) is 0 Å². The van der Waals surface area contributed by atoms with Crippen molar-refractivity contribution < 1.29 is 9.59 Å². The second kappa shape index (κ2) is 8.95. The molecule has 176 valence electrons. The summed E-state index contributed by atoms with van der Waals surface area (Å²) in [5.74, 6) is -0.508. The van der Waals surface area contributed by atoms with Crippen molar-refractivity contribution in [1.29, 1.82) is 5.26 Å². The van der Waals surface area contributed by atoms with E-state index in [4.69, 9.17) is 0 Å². The lowest BCUT2D eigenvalue weighted by Gasteiger charge is -2.23. The zero-order chi connectivity index (χ0) is 24.6. The number of nitrogens with zero attached hydrogens (tertiary/aromatic N) is 5. The number of carbonyl (C=O) groups is 2. The Morgan fingerprint density at radius 2 is 1.94 bits per heavy atom. The number of rotatable bonds is 5. The van der Waals surface area contributed by atoms with Crippen LogP contribution in [0.2, 0.25) is 0 Å². The van der Waals surface area contributed by atoms with Gasteiger partial charge in [-0.05, 0) is 59.9 Å². The first kappa shape index (κ1) is 22.7. The van der Waals surface area contributed by atoms with E-state index in [-0.39, 0.29) is 23.7 Å². The SMILES string of the molecule is CC1(C)CN(C(=O)[C@H]2CC(=O)N(c3cccc(C#N)c3)C2)c2ccc(CCc3ccnnc3)cc21. The van der Waals surface area contributed by atoms with Crippen molar-refractivity contribution >= 4 is 23.2 Å². The molecule has 2 aromatic carbocycles. The van der Waals surface area contributed by atoms with Crippen LogP contribution in [0.4, 0.5) is 11.4 Å². The highest BCUT2D eigenvalue weighted by atomic mass is 16.2. The molecule has 7 nitrogen and oxygen atoms in total. The van der Waals surface area contributed by atoms with E-state index in [1.54, 1.807) is 35.5 Å². The van der Waals surface area contributed by atoms with E-state index in [1.807, 2.05) is 23.1 Å². The highest BCUT2D eigenvalue weighted by Gasteiger charge is 2.43. The highest BCUT2D eigenvalue weighted by molar-refractivity contribution is 6.05. The maximum Gasteiger partial charge on any atom is 0.232 e. The smallest absolute Gasteiger partial charge is 0.232 e. The number of fused-ring (bicyclic) bond motifs is 1. The van der Waals surface area contributed by atoms with E-state index in [9.17, 15) is 14.9 Å². The van der Waals surface area contributed by atoms with Crippen molar-refractivity contribution in [3.05, 3.63) is 83.2 Å². The number of carbonyl (C=O) groups excluding carboxylic acids is 2. The Bertz CT molecular complexity index is 1330. The fraction of sp³-hybridized carbons (Fsp3) is 0.321. The van der Waals surface area contributed by atoms with Crippen molar-refractivity contribution in [2.45, 2.75) is 38.5 Å². The van der Waals surface area contributed by atoms with Gasteiger partial charge < -0.3 is 9.80 Å². The van der Waals surface area contributed by atoms with Gasteiger partial charge >= 0.3 is 0 Å². The molecule has 7 heteroatoms. The van der Waals surface area contributed by atoms with Crippen LogP contribution in [0.1, 0.15) is 42.5 Å². The van der Waals surface area contributed by atoms with Gasteiger partial charge in [-0.15, -0.1) is 0 Å². The van der Waals surface area contributed by atoms with Crippen LogP contribution in [0.25, 0.3) is 0 Å². The summed E-state index contributed by atoms with van der Waals surface area (Å²) in [6, 6.07) is 17.4. The largest absolute Gasteiger partial charge is 0.312 e. The van der Waals surface area contributed by atoms with Crippen molar-refractivity contribution in [2.24, 2.45) is 5.92 Å². The van der Waals surface area contributed by atoms with Crippen LogP contribution in [0.15, 0.2) is 60.9 Å². The minimum atomic E-state index is -0.408. The summed E-state index contributed by atoms with van der Waals surface area (Å²) in [5.41, 5.74) is 5.46. The first-order valence-electron chi connectivity index (χ1n) is 11.9. The zero-order valence-electron chi connectivity index (χ0n) is 19.9. The average molecular weight is 466 g/mol. The summed E-state index contributed by atoms with van der Waals surface area (Å²) in [5, 5.41) is 17.0. The summed E-state index contributed by atoms with van der Waals surface area (Å²) in [4.78, 5) is 29.9. The number of benzene rings is 2. The minimum absolute atomic E-state index is 0.0141. The van der Waals surface area contributed by atoms with Crippen molar-refractivity contribution in [1.82, 2.24) is 10.2 Å². The van der Waals surface area contributed by atoms with Gasteiger partial charge in [-0.3, -0.25) is 9.59 Å². The molecule has 1 atom stereocenters. The molecule has 35 heavy (non-hydrogen) atoms. The molecule has 1 saturated heterocycles. The van der Waals surface area contributed by atoms with E-state index < -0.39 is 5.92 Å². The van der Waals surface area contributed by atoms with Gasteiger partial charge in [0, 0.05) is 42.5 Å². The van der Waals surface area contributed by atoms with Gasteiger partial charge in [-0.1, -0.05) is 32.0 Å². The predicted octanol–water partition coefficient (Wildman–Crippen LogP) is 3.81. The number of anilines is 2. The van der Waals surface area contributed by atoms with Crippen LogP contribution >= 0.6 is 0 Å². The Labute approximate surface area is 205 Å². The lowest BCUT2D eigenvalue weighted by atomic mass is 9.85. The molecule has 0 spiro atoms. The number of hydrogen-bond acceptors (Lipinski definition) is 5. The minimum Gasteiger partial charge on any atom is -0.312 e. The normalized spacial score (nSPS) is 18.4. The van der Waals surface area contributed by atoms with Crippen LogP contribution in [0.5, 0.6) is 0 Å². The lowest BCUT2D eigenvalue weighted by molar-refractivity contribution is -0.124.